The second kappa shape index (κ2) is 12.1. The lowest BCUT2D eigenvalue weighted by Gasteiger charge is -1.88. The van der Waals surface area contributed by atoms with Gasteiger partial charge < -0.3 is 4.79 Å². The molecule has 0 aromatic carbocycles. The molecule has 0 unspecified atom stereocenters. The summed E-state index contributed by atoms with van der Waals surface area (Å²) in [5.74, 6) is 7.66. The van der Waals surface area contributed by atoms with Crippen LogP contribution in [0, 0.1) is 11.8 Å². The lowest BCUT2D eigenvalue weighted by Crippen LogP contribution is -1.90. The van der Waals surface area contributed by atoms with Gasteiger partial charge in [-0.25, -0.2) is 0 Å². The molecule has 2 rings (SSSR count). The molecule has 2 fully saturated rings. The summed E-state index contributed by atoms with van der Waals surface area (Å²) in [6.45, 7) is 8.03. The van der Waals surface area contributed by atoms with Crippen molar-refractivity contribution in [1.29, 1.82) is 0 Å². The highest BCUT2D eigenvalue weighted by atomic mass is 33.1. The van der Waals surface area contributed by atoms with E-state index >= 15 is 0 Å². The van der Waals surface area contributed by atoms with Crippen molar-refractivity contribution in [1.82, 2.24) is 0 Å². The fourth-order valence-electron chi connectivity index (χ4n) is 0.753. The van der Waals surface area contributed by atoms with Crippen molar-refractivity contribution in [3.63, 3.8) is 0 Å². The second-order valence-electron chi connectivity index (χ2n) is 4.40. The van der Waals surface area contributed by atoms with Crippen LogP contribution in [0.2, 0.25) is 0 Å². The maximum atomic E-state index is 9.81. The molecule has 17 heavy (non-hydrogen) atoms. The number of carbonyl (C=O) groups excluding carboxylic acids is 1. The van der Waals surface area contributed by atoms with E-state index in [9.17, 15) is 4.79 Å². The molecule has 0 spiro atoms. The highest BCUT2D eigenvalue weighted by Crippen LogP contribution is 2.34. The fourth-order valence-corrected chi connectivity index (χ4v) is 6.78. The quantitative estimate of drug-likeness (QED) is 0.630. The third-order valence-corrected chi connectivity index (χ3v) is 7.86. The summed E-state index contributed by atoms with van der Waals surface area (Å²) in [6, 6.07) is 0. The molecule has 5 heteroatoms. The monoisotopic (exact) mass is 312 g/mol. The topological polar surface area (TPSA) is 17.1 Å². The Morgan fingerprint density at radius 2 is 1.18 bits per heavy atom. The van der Waals surface area contributed by atoms with Crippen LogP contribution in [-0.4, -0.2) is 28.8 Å². The van der Waals surface area contributed by atoms with Crippen molar-refractivity contribution in [3.8, 4) is 0 Å². The first kappa shape index (κ1) is 18.1. The van der Waals surface area contributed by atoms with Crippen LogP contribution in [-0.2, 0) is 4.79 Å². The third-order valence-electron chi connectivity index (χ3n) is 2.07. The van der Waals surface area contributed by atoms with Crippen molar-refractivity contribution < 1.29 is 4.79 Å². The zero-order valence-corrected chi connectivity index (χ0v) is 14.5. The fraction of sp³-hybridized carbons (Fsp3) is 0.917. The van der Waals surface area contributed by atoms with Gasteiger partial charge in [0, 0.05) is 29.4 Å². The van der Waals surface area contributed by atoms with Crippen LogP contribution in [0.1, 0.15) is 34.1 Å². The van der Waals surface area contributed by atoms with Gasteiger partial charge in [0.1, 0.15) is 5.78 Å². The summed E-state index contributed by atoms with van der Waals surface area (Å²) in [7, 11) is 8.00. The standard InChI is InChI=1S/C4H8O.2C4H8S2/c1-3-4(2)5;2*1-4-2-5-6-3-4/h3H2,1-2H3;2*4H,2-3H2,1H3. The molecule has 2 aliphatic rings. The van der Waals surface area contributed by atoms with Crippen LogP contribution in [0.4, 0.5) is 0 Å². The van der Waals surface area contributed by atoms with Crippen LogP contribution in [0.3, 0.4) is 0 Å². The lowest BCUT2D eigenvalue weighted by molar-refractivity contribution is -0.116. The smallest absolute Gasteiger partial charge is 0.129 e. The average Bonchev–Trinajstić information content (AvgIpc) is 2.93. The van der Waals surface area contributed by atoms with E-state index in [-0.39, 0.29) is 5.78 Å². The van der Waals surface area contributed by atoms with Gasteiger partial charge in [-0.3, -0.25) is 0 Å². The van der Waals surface area contributed by atoms with Crippen LogP contribution >= 0.6 is 43.2 Å². The Morgan fingerprint density at radius 1 is 0.941 bits per heavy atom. The number of hydrogen-bond acceptors (Lipinski definition) is 5. The largest absolute Gasteiger partial charge is 0.300 e. The minimum absolute atomic E-state index is 0.255. The van der Waals surface area contributed by atoms with Crippen molar-refractivity contribution in [2.75, 3.05) is 23.0 Å². The van der Waals surface area contributed by atoms with Gasteiger partial charge in [0.15, 0.2) is 0 Å². The lowest BCUT2D eigenvalue weighted by atomic mass is 10.3. The van der Waals surface area contributed by atoms with Gasteiger partial charge in [-0.15, -0.1) is 0 Å². The predicted octanol–water partition coefficient (Wildman–Crippen LogP) is 5.02. The molecule has 0 aromatic rings. The van der Waals surface area contributed by atoms with Crippen LogP contribution in [0.15, 0.2) is 0 Å². The molecule has 0 amide bonds. The molecule has 2 saturated heterocycles. The molecule has 0 aromatic heterocycles. The molecular weight excluding hydrogens is 288 g/mol. The Balaban J connectivity index is 0.000000228. The van der Waals surface area contributed by atoms with Crippen LogP contribution in [0.25, 0.3) is 0 Å². The van der Waals surface area contributed by atoms with Gasteiger partial charge in [-0.05, 0) is 18.8 Å². The first-order valence-corrected chi connectivity index (χ1v) is 11.0. The van der Waals surface area contributed by atoms with Crippen LogP contribution < -0.4 is 0 Å². The van der Waals surface area contributed by atoms with Gasteiger partial charge in [-0.2, -0.15) is 0 Å². The average molecular weight is 313 g/mol. The van der Waals surface area contributed by atoms with Crippen LogP contribution in [0.5, 0.6) is 0 Å². The third kappa shape index (κ3) is 13.3. The Kier molecular flexibility index (Phi) is 12.9. The molecular formula is C12H24OS4. The van der Waals surface area contributed by atoms with Crippen molar-refractivity contribution >= 4 is 49.0 Å². The summed E-state index contributed by atoms with van der Waals surface area (Å²) in [5, 5.41) is 0. The zero-order valence-electron chi connectivity index (χ0n) is 11.2. The van der Waals surface area contributed by atoms with E-state index in [1.165, 1.54) is 23.0 Å². The first-order valence-electron chi connectivity index (χ1n) is 6.04. The van der Waals surface area contributed by atoms with Gasteiger partial charge in [-0.1, -0.05) is 63.9 Å². The maximum absolute atomic E-state index is 9.81. The molecule has 102 valence electrons. The van der Waals surface area contributed by atoms with E-state index in [2.05, 4.69) is 13.8 Å². The predicted molar refractivity (Wildman–Crippen MR) is 89.1 cm³/mol. The van der Waals surface area contributed by atoms with E-state index in [1.807, 2.05) is 50.1 Å². The van der Waals surface area contributed by atoms with Gasteiger partial charge in [0.2, 0.25) is 0 Å². The normalized spacial score (nSPS) is 20.2. The molecule has 0 N–H and O–H groups in total. The molecule has 0 atom stereocenters. The van der Waals surface area contributed by atoms with Gasteiger partial charge >= 0.3 is 0 Å². The summed E-state index contributed by atoms with van der Waals surface area (Å²) in [5.41, 5.74) is 0. The molecule has 0 radical (unpaired) electrons. The van der Waals surface area contributed by atoms with Gasteiger partial charge in [0.25, 0.3) is 0 Å². The van der Waals surface area contributed by atoms with E-state index in [1.54, 1.807) is 6.92 Å². The maximum Gasteiger partial charge on any atom is 0.129 e. The Morgan fingerprint density at radius 3 is 1.24 bits per heavy atom. The molecule has 1 nitrogen and oxygen atoms in total. The SMILES string of the molecule is CC1CSSC1.CC1CSSC1.CCC(C)=O. The summed E-state index contributed by atoms with van der Waals surface area (Å²) in [4.78, 5) is 9.81. The van der Waals surface area contributed by atoms with E-state index in [0.717, 1.165) is 11.8 Å². The highest BCUT2D eigenvalue weighted by molar-refractivity contribution is 8.77. The van der Waals surface area contributed by atoms with E-state index in [0.29, 0.717) is 6.42 Å². The van der Waals surface area contributed by atoms with Crippen molar-refractivity contribution in [2.45, 2.75) is 34.1 Å². The number of carbonyl (C=O) groups is 1. The highest BCUT2D eigenvalue weighted by Gasteiger charge is 2.09. The second-order valence-corrected chi connectivity index (χ2v) is 9.51. The number of ketones is 1. The van der Waals surface area contributed by atoms with E-state index in [4.69, 9.17) is 0 Å². The zero-order chi connectivity index (χ0) is 13.1. The minimum atomic E-state index is 0.255. The molecule has 0 bridgehead atoms. The molecule has 2 aliphatic heterocycles. The summed E-state index contributed by atoms with van der Waals surface area (Å²) in [6.07, 6.45) is 0.667. The summed E-state index contributed by atoms with van der Waals surface area (Å²) < 4.78 is 0. The molecule has 0 saturated carbocycles. The van der Waals surface area contributed by atoms with E-state index < -0.39 is 0 Å². The molecule has 2 heterocycles. The minimum Gasteiger partial charge on any atom is -0.300 e. The Bertz CT molecular complexity index is 173. The molecule has 0 aliphatic carbocycles. The Labute approximate surface area is 122 Å². The first-order chi connectivity index (χ1) is 8.06. The summed E-state index contributed by atoms with van der Waals surface area (Å²) >= 11 is 0. The van der Waals surface area contributed by atoms with Crippen molar-refractivity contribution in [3.05, 3.63) is 0 Å². The number of hydrogen-bond donors (Lipinski definition) is 0. The number of rotatable bonds is 1. The number of Topliss-reactive ketones (excluding diaryl/α,β-unsaturated/α-hetero) is 1. The van der Waals surface area contributed by atoms with Crippen molar-refractivity contribution in [2.24, 2.45) is 11.8 Å². The Hall–Kier alpha value is 1.07. The van der Waals surface area contributed by atoms with Gasteiger partial charge in [0.05, 0.1) is 0 Å².